The summed E-state index contributed by atoms with van der Waals surface area (Å²) < 4.78 is 21.8. The second kappa shape index (κ2) is 7.98. The first kappa shape index (κ1) is 21.1. The van der Waals surface area contributed by atoms with Crippen LogP contribution in [0.2, 0.25) is 0 Å². The van der Waals surface area contributed by atoms with Gasteiger partial charge in [-0.15, -0.1) is 0 Å². The number of nitriles is 1. The summed E-state index contributed by atoms with van der Waals surface area (Å²) in [7, 11) is 1.72. The molecule has 5 rings (SSSR count). The molecular formula is C24H23FN6O2. The molecule has 168 valence electrons. The highest BCUT2D eigenvalue weighted by Crippen LogP contribution is 2.37. The van der Waals surface area contributed by atoms with Crippen molar-refractivity contribution in [1.82, 2.24) is 19.7 Å². The van der Waals surface area contributed by atoms with E-state index < -0.39 is 11.9 Å². The van der Waals surface area contributed by atoms with Gasteiger partial charge in [-0.25, -0.2) is 9.37 Å². The van der Waals surface area contributed by atoms with Crippen LogP contribution in [0.5, 0.6) is 5.75 Å². The number of nitrogens with zero attached hydrogens (tertiary/aromatic N) is 5. The third-order valence-electron chi connectivity index (χ3n) is 6.21. The van der Waals surface area contributed by atoms with E-state index in [0.29, 0.717) is 45.9 Å². The number of pyridine rings is 1. The van der Waals surface area contributed by atoms with Gasteiger partial charge < -0.3 is 10.5 Å². The molecule has 0 unspecified atom stereocenters. The Bertz CT molecular complexity index is 1310. The fourth-order valence-corrected chi connectivity index (χ4v) is 4.40. The molecule has 1 saturated carbocycles. The zero-order chi connectivity index (χ0) is 23.3. The summed E-state index contributed by atoms with van der Waals surface area (Å²) in [6.07, 6.45) is 2.92. The van der Waals surface area contributed by atoms with Crippen LogP contribution in [0.25, 0.3) is 11.1 Å². The Hall–Kier alpha value is -3.77. The van der Waals surface area contributed by atoms with Crippen LogP contribution < -0.4 is 10.5 Å². The van der Waals surface area contributed by atoms with Crippen molar-refractivity contribution in [2.45, 2.75) is 38.5 Å². The Labute approximate surface area is 190 Å². The molecule has 0 amide bonds. The minimum Gasteiger partial charge on any atom is -0.482 e. The lowest BCUT2D eigenvalue weighted by Gasteiger charge is -2.22. The van der Waals surface area contributed by atoms with Gasteiger partial charge in [0.15, 0.2) is 17.4 Å². The Kier molecular flexibility index (Phi) is 5.10. The summed E-state index contributed by atoms with van der Waals surface area (Å²) in [4.78, 5) is 19.7. The van der Waals surface area contributed by atoms with E-state index in [9.17, 15) is 14.4 Å². The number of carbonyl (C=O) groups is 1. The number of nitrogens with two attached hydrogens (primary N) is 1. The number of hydrogen-bond acceptors (Lipinski definition) is 7. The van der Waals surface area contributed by atoms with Crippen LogP contribution in [0.15, 0.2) is 30.5 Å². The summed E-state index contributed by atoms with van der Waals surface area (Å²) in [5, 5.41) is 14.4. The number of benzene rings is 1. The fourth-order valence-electron chi connectivity index (χ4n) is 4.40. The topological polar surface area (TPSA) is 110 Å². The number of anilines is 1. The summed E-state index contributed by atoms with van der Waals surface area (Å²) in [5.74, 6) is -0.119. The van der Waals surface area contributed by atoms with Crippen molar-refractivity contribution in [3.63, 3.8) is 0 Å². The maximum atomic E-state index is 14.1. The molecule has 0 spiro atoms. The Morgan fingerprint density at radius 2 is 2.06 bits per heavy atom. The molecule has 8 nitrogen and oxygen atoms in total. The minimum absolute atomic E-state index is 0.123. The number of ether oxygens (including phenoxy) is 1. The molecule has 2 aliphatic rings. The van der Waals surface area contributed by atoms with E-state index in [0.717, 1.165) is 12.8 Å². The lowest BCUT2D eigenvalue weighted by molar-refractivity contribution is 0.0913. The zero-order valence-corrected chi connectivity index (χ0v) is 18.4. The van der Waals surface area contributed by atoms with Gasteiger partial charge in [0.1, 0.15) is 23.7 Å². The highest BCUT2D eigenvalue weighted by Gasteiger charge is 2.33. The molecule has 2 bridgehead atoms. The van der Waals surface area contributed by atoms with E-state index >= 15 is 0 Å². The highest BCUT2D eigenvalue weighted by atomic mass is 19.1. The lowest BCUT2D eigenvalue weighted by Crippen LogP contribution is -2.32. The first-order chi connectivity index (χ1) is 15.9. The molecule has 1 atom stereocenters. The second-order valence-corrected chi connectivity index (χ2v) is 8.56. The first-order valence-corrected chi connectivity index (χ1v) is 10.8. The Morgan fingerprint density at radius 3 is 2.79 bits per heavy atom. The third-order valence-corrected chi connectivity index (χ3v) is 6.21. The van der Waals surface area contributed by atoms with E-state index in [-0.39, 0.29) is 24.2 Å². The maximum Gasteiger partial charge on any atom is 0.177 e. The van der Waals surface area contributed by atoms with Gasteiger partial charge in [0.25, 0.3) is 0 Å². The van der Waals surface area contributed by atoms with Crippen molar-refractivity contribution in [2.24, 2.45) is 7.05 Å². The predicted octanol–water partition coefficient (Wildman–Crippen LogP) is 3.38. The van der Waals surface area contributed by atoms with Gasteiger partial charge in [-0.2, -0.15) is 10.4 Å². The standard InChI is InChI=1S/C24H23FN6O2/c1-13-18-8-15(25)3-6-17(18)21(32)12-31(16-4-5-16)11-19-23(20(9-26)30(2)29-19)14-7-22(33-13)24(27)28-10-14/h3,6-8,10,13,16H,4-5,11-12H2,1-2H3,(H2,27,28)/t13-/m1/s1. The number of hydrogen-bond donors (Lipinski definition) is 1. The monoisotopic (exact) mass is 446 g/mol. The minimum atomic E-state index is -0.655. The van der Waals surface area contributed by atoms with Gasteiger partial charge in [0, 0.05) is 48.1 Å². The molecular weight excluding hydrogens is 423 g/mol. The van der Waals surface area contributed by atoms with Crippen molar-refractivity contribution in [3.05, 3.63) is 58.8 Å². The van der Waals surface area contributed by atoms with Gasteiger partial charge in [0.05, 0.1) is 12.2 Å². The lowest BCUT2D eigenvalue weighted by atomic mass is 9.99. The average Bonchev–Trinajstić information content (AvgIpc) is 3.58. The van der Waals surface area contributed by atoms with Crippen LogP contribution in [-0.4, -0.2) is 38.0 Å². The average molecular weight is 446 g/mol. The number of halogens is 1. The van der Waals surface area contributed by atoms with E-state index in [2.05, 4.69) is 21.1 Å². The highest BCUT2D eigenvalue weighted by molar-refractivity contribution is 5.99. The van der Waals surface area contributed by atoms with Crippen LogP contribution in [-0.2, 0) is 13.6 Å². The van der Waals surface area contributed by atoms with E-state index in [4.69, 9.17) is 10.5 Å². The van der Waals surface area contributed by atoms with Crippen LogP contribution >= 0.6 is 0 Å². The number of aryl methyl sites for hydroxylation is 1. The van der Waals surface area contributed by atoms with Gasteiger partial charge in [0.2, 0.25) is 0 Å². The number of rotatable bonds is 1. The second-order valence-electron chi connectivity index (χ2n) is 8.56. The van der Waals surface area contributed by atoms with Gasteiger partial charge in [-0.3, -0.25) is 14.4 Å². The molecule has 1 aliphatic carbocycles. The number of carbonyl (C=O) groups excluding carboxylic acids is 1. The van der Waals surface area contributed by atoms with E-state index in [1.807, 2.05) is 0 Å². The summed E-state index contributed by atoms with van der Waals surface area (Å²) in [6, 6.07) is 8.33. The zero-order valence-electron chi connectivity index (χ0n) is 18.4. The van der Waals surface area contributed by atoms with Crippen molar-refractivity contribution >= 4 is 11.6 Å². The first-order valence-electron chi connectivity index (χ1n) is 10.8. The molecule has 9 heteroatoms. The molecule has 1 fully saturated rings. The van der Waals surface area contributed by atoms with E-state index in [1.165, 1.54) is 18.2 Å². The molecule has 33 heavy (non-hydrogen) atoms. The molecule has 1 aromatic carbocycles. The molecule has 2 N–H and O–H groups in total. The molecule has 3 heterocycles. The van der Waals surface area contributed by atoms with Crippen LogP contribution in [0.1, 0.15) is 53.2 Å². The molecule has 3 aromatic rings. The van der Waals surface area contributed by atoms with Crippen molar-refractivity contribution in [2.75, 3.05) is 12.3 Å². The van der Waals surface area contributed by atoms with Crippen molar-refractivity contribution in [3.8, 4) is 22.9 Å². The quantitative estimate of drug-likeness (QED) is 0.610. The van der Waals surface area contributed by atoms with Crippen molar-refractivity contribution < 1.29 is 13.9 Å². The Balaban J connectivity index is 1.71. The largest absolute Gasteiger partial charge is 0.482 e. The maximum absolute atomic E-state index is 14.1. The van der Waals surface area contributed by atoms with Gasteiger partial charge >= 0.3 is 0 Å². The van der Waals surface area contributed by atoms with Crippen LogP contribution in [0.4, 0.5) is 10.2 Å². The summed E-state index contributed by atoms with van der Waals surface area (Å²) >= 11 is 0. The predicted molar refractivity (Wildman–Crippen MR) is 119 cm³/mol. The number of nitrogen functional groups attached to an aromatic ring is 1. The smallest absolute Gasteiger partial charge is 0.177 e. The number of fused-ring (bicyclic) bond motifs is 5. The van der Waals surface area contributed by atoms with Gasteiger partial charge in [-0.05, 0) is 44.0 Å². The van der Waals surface area contributed by atoms with Crippen LogP contribution in [0.3, 0.4) is 0 Å². The summed E-state index contributed by atoms with van der Waals surface area (Å²) in [6.45, 7) is 2.30. The van der Waals surface area contributed by atoms with Crippen LogP contribution in [0, 0.1) is 17.1 Å². The SMILES string of the molecule is C[C@H]1Oc2cc(cnc2N)-c2c(nn(C)c2C#N)CN(C2CC2)CC(=O)c2ccc(F)cc21. The Morgan fingerprint density at radius 1 is 1.27 bits per heavy atom. The summed E-state index contributed by atoms with van der Waals surface area (Å²) in [5.41, 5.74) is 9.30. The number of ketones is 1. The molecule has 0 radical (unpaired) electrons. The van der Waals surface area contributed by atoms with Gasteiger partial charge in [-0.1, -0.05) is 0 Å². The fraction of sp³-hybridized carbons (Fsp3) is 0.333. The number of aromatic nitrogens is 3. The molecule has 1 aliphatic heterocycles. The van der Waals surface area contributed by atoms with Crippen molar-refractivity contribution in [1.29, 1.82) is 5.26 Å². The number of Topliss-reactive ketones (excluding diaryl/α,β-unsaturated/α-hetero) is 1. The third kappa shape index (κ3) is 3.83. The van der Waals surface area contributed by atoms with E-state index in [1.54, 1.807) is 30.9 Å². The molecule has 2 aromatic heterocycles. The normalized spacial score (nSPS) is 18.7. The molecule has 0 saturated heterocycles.